The van der Waals surface area contributed by atoms with Crippen LogP contribution in [0.2, 0.25) is 0 Å². The van der Waals surface area contributed by atoms with Gasteiger partial charge in [-0.3, -0.25) is 4.79 Å². The van der Waals surface area contributed by atoms with Crippen molar-refractivity contribution in [3.63, 3.8) is 0 Å². The Morgan fingerprint density at radius 2 is 2.11 bits per heavy atom. The largest absolute Gasteiger partial charge is 0.336 e. The Bertz CT molecular complexity index is 466. The lowest BCUT2D eigenvalue weighted by molar-refractivity contribution is 0.0735. The molecule has 2 rings (SSSR count). The average molecular weight is 263 g/mol. The van der Waals surface area contributed by atoms with Crippen molar-refractivity contribution in [2.75, 3.05) is 6.54 Å². The summed E-state index contributed by atoms with van der Waals surface area (Å²) in [5.74, 6) is 0.247. The maximum absolute atomic E-state index is 13.6. The lowest BCUT2D eigenvalue weighted by atomic mass is 10.1. The molecule has 0 radical (unpaired) electrons. The Labute approximate surface area is 114 Å². The van der Waals surface area contributed by atoms with Crippen LogP contribution in [0, 0.1) is 18.7 Å². The molecular weight excluding hydrogens is 241 g/mol. The van der Waals surface area contributed by atoms with Crippen molar-refractivity contribution >= 4 is 5.91 Å². The third-order valence-electron chi connectivity index (χ3n) is 3.61. The SMILES string of the molecule is Cc1ccc(C(=O)N(CCC(C)C)C2CC2)cc1F. The van der Waals surface area contributed by atoms with Gasteiger partial charge in [0.15, 0.2) is 0 Å². The van der Waals surface area contributed by atoms with Gasteiger partial charge in [0.2, 0.25) is 0 Å². The van der Waals surface area contributed by atoms with Crippen molar-refractivity contribution in [1.82, 2.24) is 4.90 Å². The first-order valence-corrected chi connectivity index (χ1v) is 7.06. The molecule has 2 nitrogen and oxygen atoms in total. The van der Waals surface area contributed by atoms with Gasteiger partial charge in [-0.05, 0) is 49.8 Å². The molecule has 1 fully saturated rings. The fourth-order valence-electron chi connectivity index (χ4n) is 2.13. The smallest absolute Gasteiger partial charge is 0.254 e. The number of aryl methyl sites for hydroxylation is 1. The Morgan fingerprint density at radius 3 is 2.63 bits per heavy atom. The van der Waals surface area contributed by atoms with E-state index >= 15 is 0 Å². The van der Waals surface area contributed by atoms with E-state index in [9.17, 15) is 9.18 Å². The van der Waals surface area contributed by atoms with Gasteiger partial charge in [0.05, 0.1) is 0 Å². The number of hydrogen-bond acceptors (Lipinski definition) is 1. The van der Waals surface area contributed by atoms with Crippen LogP contribution < -0.4 is 0 Å². The molecule has 1 aromatic carbocycles. The minimum Gasteiger partial charge on any atom is -0.336 e. The number of nitrogens with zero attached hydrogens (tertiary/aromatic N) is 1. The second kappa shape index (κ2) is 5.72. The monoisotopic (exact) mass is 263 g/mol. The summed E-state index contributed by atoms with van der Waals surface area (Å²) in [5, 5.41) is 0. The van der Waals surface area contributed by atoms with Crippen molar-refractivity contribution < 1.29 is 9.18 Å². The van der Waals surface area contributed by atoms with Crippen LogP contribution in [0.25, 0.3) is 0 Å². The molecule has 1 saturated carbocycles. The van der Waals surface area contributed by atoms with E-state index in [1.807, 2.05) is 4.90 Å². The number of benzene rings is 1. The van der Waals surface area contributed by atoms with E-state index in [1.165, 1.54) is 6.07 Å². The zero-order chi connectivity index (χ0) is 14.0. The molecule has 1 aromatic rings. The van der Waals surface area contributed by atoms with Gasteiger partial charge < -0.3 is 4.90 Å². The Morgan fingerprint density at radius 1 is 1.42 bits per heavy atom. The molecule has 1 aliphatic rings. The van der Waals surface area contributed by atoms with E-state index in [4.69, 9.17) is 0 Å². The minimum atomic E-state index is -0.301. The Hall–Kier alpha value is -1.38. The molecule has 0 spiro atoms. The molecule has 0 bridgehead atoms. The fraction of sp³-hybridized carbons (Fsp3) is 0.562. The molecule has 3 heteroatoms. The predicted octanol–water partition coefficient (Wildman–Crippen LogP) is 3.78. The quantitative estimate of drug-likeness (QED) is 0.791. The number of carbonyl (C=O) groups excluding carboxylic acids is 1. The molecule has 0 saturated heterocycles. The number of rotatable bonds is 5. The maximum atomic E-state index is 13.6. The lowest BCUT2D eigenvalue weighted by Crippen LogP contribution is -2.34. The predicted molar refractivity (Wildman–Crippen MR) is 74.7 cm³/mol. The van der Waals surface area contributed by atoms with E-state index in [2.05, 4.69) is 13.8 Å². The summed E-state index contributed by atoms with van der Waals surface area (Å²) in [6, 6.07) is 5.14. The molecule has 19 heavy (non-hydrogen) atoms. The van der Waals surface area contributed by atoms with Crippen LogP contribution >= 0.6 is 0 Å². The maximum Gasteiger partial charge on any atom is 0.254 e. The van der Waals surface area contributed by atoms with Crippen LogP contribution in [-0.2, 0) is 0 Å². The molecular formula is C16H22FNO. The molecule has 0 unspecified atom stereocenters. The number of hydrogen-bond donors (Lipinski definition) is 0. The summed E-state index contributed by atoms with van der Waals surface area (Å²) < 4.78 is 13.6. The molecule has 1 aliphatic carbocycles. The van der Waals surface area contributed by atoms with Crippen LogP contribution in [0.4, 0.5) is 4.39 Å². The van der Waals surface area contributed by atoms with Gasteiger partial charge in [-0.2, -0.15) is 0 Å². The molecule has 0 aliphatic heterocycles. The van der Waals surface area contributed by atoms with Gasteiger partial charge in [0, 0.05) is 18.2 Å². The number of halogens is 1. The summed E-state index contributed by atoms with van der Waals surface area (Å²) in [5.41, 5.74) is 1.05. The van der Waals surface area contributed by atoms with Crippen LogP contribution in [-0.4, -0.2) is 23.4 Å². The van der Waals surface area contributed by atoms with Crippen molar-refractivity contribution in [3.05, 3.63) is 35.1 Å². The van der Waals surface area contributed by atoms with Crippen molar-refractivity contribution in [3.8, 4) is 0 Å². The Balaban J connectivity index is 2.12. The first kappa shape index (κ1) is 14.0. The molecule has 0 heterocycles. The molecule has 0 N–H and O–H groups in total. The second-order valence-electron chi connectivity index (χ2n) is 5.88. The highest BCUT2D eigenvalue weighted by Gasteiger charge is 2.32. The lowest BCUT2D eigenvalue weighted by Gasteiger charge is -2.23. The molecule has 1 amide bonds. The highest BCUT2D eigenvalue weighted by Crippen LogP contribution is 2.29. The minimum absolute atomic E-state index is 0.0259. The number of amides is 1. The second-order valence-corrected chi connectivity index (χ2v) is 5.88. The highest BCUT2D eigenvalue weighted by molar-refractivity contribution is 5.94. The summed E-state index contributed by atoms with van der Waals surface area (Å²) in [7, 11) is 0. The average Bonchev–Trinajstić information content (AvgIpc) is 3.16. The van der Waals surface area contributed by atoms with E-state index in [1.54, 1.807) is 19.1 Å². The van der Waals surface area contributed by atoms with Crippen LogP contribution in [0.1, 0.15) is 49.0 Å². The first-order chi connectivity index (χ1) is 8.99. The summed E-state index contributed by atoms with van der Waals surface area (Å²) >= 11 is 0. The molecule has 104 valence electrons. The fourth-order valence-corrected chi connectivity index (χ4v) is 2.13. The van der Waals surface area contributed by atoms with Crippen LogP contribution in [0.5, 0.6) is 0 Å². The summed E-state index contributed by atoms with van der Waals surface area (Å²) in [6.07, 6.45) is 3.16. The van der Waals surface area contributed by atoms with Crippen molar-refractivity contribution in [1.29, 1.82) is 0 Å². The Kier molecular flexibility index (Phi) is 4.23. The topological polar surface area (TPSA) is 20.3 Å². The van der Waals surface area contributed by atoms with Crippen LogP contribution in [0.3, 0.4) is 0 Å². The van der Waals surface area contributed by atoms with Gasteiger partial charge >= 0.3 is 0 Å². The summed E-state index contributed by atoms with van der Waals surface area (Å²) in [4.78, 5) is 14.4. The van der Waals surface area contributed by atoms with Gasteiger partial charge in [-0.1, -0.05) is 19.9 Å². The standard InChI is InChI=1S/C16H22FNO/c1-11(2)8-9-18(14-6-7-14)16(19)13-5-4-12(3)15(17)10-13/h4-5,10-11,14H,6-9H2,1-3H3. The molecule has 0 aromatic heterocycles. The van der Waals surface area contributed by atoms with E-state index in [-0.39, 0.29) is 11.7 Å². The van der Waals surface area contributed by atoms with Gasteiger partial charge in [-0.15, -0.1) is 0 Å². The third-order valence-corrected chi connectivity index (χ3v) is 3.61. The van der Waals surface area contributed by atoms with Gasteiger partial charge in [0.1, 0.15) is 5.82 Å². The number of carbonyl (C=O) groups is 1. The first-order valence-electron chi connectivity index (χ1n) is 7.06. The van der Waals surface area contributed by atoms with E-state index < -0.39 is 0 Å². The zero-order valence-corrected chi connectivity index (χ0v) is 11.9. The van der Waals surface area contributed by atoms with Crippen LogP contribution in [0.15, 0.2) is 18.2 Å². The van der Waals surface area contributed by atoms with Crippen molar-refractivity contribution in [2.24, 2.45) is 5.92 Å². The summed E-state index contributed by atoms with van der Waals surface area (Å²) in [6.45, 7) is 6.79. The third kappa shape index (κ3) is 3.55. The zero-order valence-electron chi connectivity index (χ0n) is 11.9. The molecule has 0 atom stereocenters. The van der Waals surface area contributed by atoms with E-state index in [0.29, 0.717) is 23.1 Å². The van der Waals surface area contributed by atoms with Crippen molar-refractivity contribution in [2.45, 2.75) is 46.1 Å². The van der Waals surface area contributed by atoms with Gasteiger partial charge in [-0.25, -0.2) is 4.39 Å². The highest BCUT2D eigenvalue weighted by atomic mass is 19.1. The van der Waals surface area contributed by atoms with E-state index in [0.717, 1.165) is 25.8 Å². The van der Waals surface area contributed by atoms with Gasteiger partial charge in [0.25, 0.3) is 5.91 Å². The normalized spacial score (nSPS) is 14.8.